The molecular weight excluding hydrogens is 373 g/mol. The first-order valence-electron chi connectivity index (χ1n) is 8.96. The van der Waals surface area contributed by atoms with Crippen molar-refractivity contribution in [3.05, 3.63) is 35.4 Å². The molecule has 1 heterocycles. The van der Waals surface area contributed by atoms with Crippen LogP contribution in [0.25, 0.3) is 0 Å². The molecule has 2 rings (SSSR count). The van der Waals surface area contributed by atoms with Gasteiger partial charge in [-0.1, -0.05) is 29.4 Å². The monoisotopic (exact) mass is 399 g/mol. The Bertz CT molecular complexity index is 791. The summed E-state index contributed by atoms with van der Waals surface area (Å²) in [6.07, 6.45) is 2.02. The minimum Gasteiger partial charge on any atom is -0.465 e. The molecule has 1 aliphatic rings. The number of halogens is 1. The molecular formula is C19H26FNO5S. The number of oxime groups is 1. The molecule has 0 fully saturated rings. The predicted molar refractivity (Wildman–Crippen MR) is 101 cm³/mol. The third-order valence-electron chi connectivity index (χ3n) is 4.76. The molecule has 0 saturated heterocycles. The van der Waals surface area contributed by atoms with E-state index in [0.29, 0.717) is 25.0 Å². The van der Waals surface area contributed by atoms with E-state index in [0.717, 1.165) is 17.4 Å². The third-order valence-corrected chi connectivity index (χ3v) is 6.73. The van der Waals surface area contributed by atoms with Gasteiger partial charge in [0.05, 0.1) is 19.0 Å². The normalized spacial score (nSPS) is 19.1. The van der Waals surface area contributed by atoms with Crippen LogP contribution in [0.4, 0.5) is 4.39 Å². The van der Waals surface area contributed by atoms with Gasteiger partial charge in [-0.2, -0.15) is 0 Å². The second kappa shape index (κ2) is 8.82. The van der Waals surface area contributed by atoms with E-state index in [2.05, 4.69) is 5.16 Å². The van der Waals surface area contributed by atoms with Crippen molar-refractivity contribution < 1.29 is 27.2 Å². The Balaban J connectivity index is 2.06. The van der Waals surface area contributed by atoms with Gasteiger partial charge in [0, 0.05) is 19.1 Å². The van der Waals surface area contributed by atoms with Gasteiger partial charge in [0.25, 0.3) is 0 Å². The van der Waals surface area contributed by atoms with Crippen LogP contribution in [-0.2, 0) is 30.6 Å². The molecule has 6 nitrogen and oxygen atoms in total. The minimum atomic E-state index is -3.71. The zero-order valence-corrected chi connectivity index (χ0v) is 16.7. The average Bonchev–Trinajstić information content (AvgIpc) is 3.08. The Morgan fingerprint density at radius 3 is 2.59 bits per heavy atom. The van der Waals surface area contributed by atoms with Gasteiger partial charge in [-0.15, -0.1) is 0 Å². The van der Waals surface area contributed by atoms with Crippen LogP contribution in [-0.4, -0.2) is 50.5 Å². The second-order valence-corrected chi connectivity index (χ2v) is 9.33. The van der Waals surface area contributed by atoms with Crippen molar-refractivity contribution in [2.75, 3.05) is 19.5 Å². The fraction of sp³-hybridized carbons (Fsp3) is 0.579. The Labute approximate surface area is 159 Å². The smallest absolute Gasteiger partial charge is 0.327 e. The van der Waals surface area contributed by atoms with Crippen LogP contribution < -0.4 is 0 Å². The van der Waals surface area contributed by atoms with Gasteiger partial charge in [-0.3, -0.25) is 9.18 Å². The predicted octanol–water partition coefficient (Wildman–Crippen LogP) is 2.84. The van der Waals surface area contributed by atoms with Crippen molar-refractivity contribution in [3.63, 3.8) is 0 Å². The minimum absolute atomic E-state index is 0.0355. The van der Waals surface area contributed by atoms with Crippen molar-refractivity contribution in [2.45, 2.75) is 50.4 Å². The zero-order chi connectivity index (χ0) is 20.1. The van der Waals surface area contributed by atoms with Crippen molar-refractivity contribution in [2.24, 2.45) is 5.16 Å². The van der Waals surface area contributed by atoms with E-state index >= 15 is 0 Å². The number of carbonyl (C=O) groups excluding carboxylic acids is 1. The largest absolute Gasteiger partial charge is 0.465 e. The molecule has 1 unspecified atom stereocenters. The number of alkyl halides is 1. The van der Waals surface area contributed by atoms with Gasteiger partial charge in [-0.05, 0) is 37.8 Å². The maximum absolute atomic E-state index is 12.3. The van der Waals surface area contributed by atoms with Crippen LogP contribution in [0.2, 0.25) is 0 Å². The summed E-state index contributed by atoms with van der Waals surface area (Å²) < 4.78 is 40.0. The van der Waals surface area contributed by atoms with Crippen molar-refractivity contribution in [1.82, 2.24) is 0 Å². The van der Waals surface area contributed by atoms with E-state index in [1.807, 2.05) is 24.3 Å². The lowest BCUT2D eigenvalue weighted by Gasteiger charge is -2.27. The molecule has 0 N–H and O–H groups in total. The molecule has 27 heavy (non-hydrogen) atoms. The number of carbonyl (C=O) groups is 1. The van der Waals surface area contributed by atoms with E-state index < -0.39 is 26.7 Å². The molecule has 1 aromatic carbocycles. The van der Waals surface area contributed by atoms with Crippen LogP contribution in [0, 0.1) is 0 Å². The summed E-state index contributed by atoms with van der Waals surface area (Å²) in [5, 5.41) is 4.06. The van der Waals surface area contributed by atoms with E-state index in [1.54, 1.807) is 6.92 Å². The van der Waals surface area contributed by atoms with Crippen LogP contribution >= 0.6 is 0 Å². The molecule has 1 aromatic rings. The van der Waals surface area contributed by atoms with Crippen molar-refractivity contribution in [1.29, 1.82) is 0 Å². The topological polar surface area (TPSA) is 82.0 Å². The van der Waals surface area contributed by atoms with Crippen LogP contribution in [0.15, 0.2) is 29.4 Å². The maximum Gasteiger partial charge on any atom is 0.327 e. The molecule has 0 saturated carbocycles. The number of aryl methyl sites for hydroxylation is 1. The highest BCUT2D eigenvalue weighted by atomic mass is 32.2. The lowest BCUT2D eigenvalue weighted by atomic mass is 9.96. The number of esters is 1. The lowest BCUT2D eigenvalue weighted by molar-refractivity contribution is -0.146. The number of hydrogen-bond acceptors (Lipinski definition) is 6. The Morgan fingerprint density at radius 2 is 2.04 bits per heavy atom. The summed E-state index contributed by atoms with van der Waals surface area (Å²) >= 11 is 0. The van der Waals surface area contributed by atoms with Crippen LogP contribution in [0.5, 0.6) is 0 Å². The molecule has 0 bridgehead atoms. The van der Waals surface area contributed by atoms with Gasteiger partial charge in [0.15, 0.2) is 14.6 Å². The second-order valence-electron chi connectivity index (χ2n) is 6.89. The van der Waals surface area contributed by atoms with Crippen molar-refractivity contribution in [3.8, 4) is 0 Å². The molecule has 0 amide bonds. The Morgan fingerprint density at radius 1 is 1.37 bits per heavy atom. The Kier molecular flexibility index (Phi) is 6.97. The highest BCUT2D eigenvalue weighted by Gasteiger charge is 2.48. The molecule has 0 spiro atoms. The van der Waals surface area contributed by atoms with Gasteiger partial charge in [0.1, 0.15) is 6.10 Å². The van der Waals surface area contributed by atoms with Crippen LogP contribution in [0.3, 0.4) is 0 Å². The van der Waals surface area contributed by atoms with E-state index in [4.69, 9.17) is 9.57 Å². The van der Waals surface area contributed by atoms with Gasteiger partial charge >= 0.3 is 5.97 Å². The maximum atomic E-state index is 12.3. The number of nitrogens with zero attached hydrogens (tertiary/aromatic N) is 1. The molecule has 0 radical (unpaired) electrons. The van der Waals surface area contributed by atoms with Crippen LogP contribution in [0.1, 0.15) is 44.2 Å². The number of benzene rings is 1. The first kappa shape index (κ1) is 21.3. The molecule has 1 aliphatic heterocycles. The molecule has 8 heteroatoms. The summed E-state index contributed by atoms with van der Waals surface area (Å²) in [6, 6.07) is 7.61. The quantitative estimate of drug-likeness (QED) is 0.597. The third kappa shape index (κ3) is 5.06. The van der Waals surface area contributed by atoms with Crippen molar-refractivity contribution >= 4 is 21.5 Å². The standard InChI is InChI=1S/C19H26FNO5S/c1-4-25-18(22)19(2,27(3,23)24)13-16-12-17(21-26-16)15-9-7-14(8-10-15)6-5-11-20/h7-10,16H,4-6,11-13H2,1-3H3/t16?,19-/m1/s1. The highest BCUT2D eigenvalue weighted by Crippen LogP contribution is 2.30. The summed E-state index contributed by atoms with van der Waals surface area (Å²) in [5.41, 5.74) is 2.59. The number of rotatable bonds is 9. The van der Waals surface area contributed by atoms with E-state index in [-0.39, 0.29) is 19.7 Å². The summed E-state index contributed by atoms with van der Waals surface area (Å²) in [7, 11) is -3.71. The number of ether oxygens (including phenoxy) is 1. The summed E-state index contributed by atoms with van der Waals surface area (Å²) in [4.78, 5) is 17.7. The van der Waals surface area contributed by atoms with Gasteiger partial charge in [-0.25, -0.2) is 8.42 Å². The Hall–Kier alpha value is -1.96. The first-order chi connectivity index (χ1) is 12.7. The first-order valence-corrected chi connectivity index (χ1v) is 10.8. The summed E-state index contributed by atoms with van der Waals surface area (Å²) in [6.45, 7) is 2.75. The average molecular weight is 399 g/mol. The lowest BCUT2D eigenvalue weighted by Crippen LogP contribution is -2.47. The van der Waals surface area contributed by atoms with Gasteiger partial charge < -0.3 is 9.57 Å². The fourth-order valence-electron chi connectivity index (χ4n) is 2.95. The van der Waals surface area contributed by atoms with E-state index in [1.165, 1.54) is 6.92 Å². The summed E-state index contributed by atoms with van der Waals surface area (Å²) in [5.74, 6) is -0.776. The fourth-order valence-corrected chi connectivity index (χ4v) is 3.80. The number of hydrogen-bond donors (Lipinski definition) is 0. The molecule has 2 atom stereocenters. The molecule has 0 aliphatic carbocycles. The zero-order valence-electron chi connectivity index (χ0n) is 15.9. The van der Waals surface area contributed by atoms with Gasteiger partial charge in [0.2, 0.25) is 0 Å². The van der Waals surface area contributed by atoms with E-state index in [9.17, 15) is 17.6 Å². The SMILES string of the molecule is CCOC(=O)[C@@](C)(CC1CC(c2ccc(CCCF)cc2)=NO1)S(C)(=O)=O. The number of sulfone groups is 1. The molecule has 0 aromatic heterocycles. The highest BCUT2D eigenvalue weighted by molar-refractivity contribution is 7.92. The molecule has 150 valence electrons.